The Labute approximate surface area is 222 Å². The lowest BCUT2D eigenvalue weighted by molar-refractivity contribution is -0.129. The smallest absolute Gasteiger partial charge is 0.247 e. The zero-order valence-electron chi connectivity index (χ0n) is 22.2. The van der Waals surface area contributed by atoms with Gasteiger partial charge in [0.25, 0.3) is 0 Å². The highest BCUT2D eigenvalue weighted by Crippen LogP contribution is 2.35. The van der Waals surface area contributed by atoms with Crippen molar-refractivity contribution in [2.75, 3.05) is 54.1 Å². The number of rotatable bonds is 8. The third kappa shape index (κ3) is 6.20. The summed E-state index contributed by atoms with van der Waals surface area (Å²) in [6.45, 7) is 12.0. The molecule has 2 amide bonds. The van der Waals surface area contributed by atoms with Gasteiger partial charge >= 0.3 is 0 Å². The summed E-state index contributed by atoms with van der Waals surface area (Å²) in [5.41, 5.74) is 5.18. The van der Waals surface area contributed by atoms with Gasteiger partial charge in [0.1, 0.15) is 11.6 Å². The summed E-state index contributed by atoms with van der Waals surface area (Å²) in [7, 11) is 1.63. The molecule has 198 valence electrons. The number of carbonyl (C=O) groups excluding carboxylic acids is 2. The molecule has 38 heavy (non-hydrogen) atoms. The van der Waals surface area contributed by atoms with E-state index in [1.54, 1.807) is 26.3 Å². The quantitative estimate of drug-likeness (QED) is 0.379. The number of hydrogen-bond acceptors (Lipinski definition) is 8. The van der Waals surface area contributed by atoms with Gasteiger partial charge < -0.3 is 30.5 Å². The number of piperazine rings is 1. The molecule has 2 heterocycles. The normalized spacial score (nSPS) is 13.1. The Kier molecular flexibility index (Phi) is 8.10. The van der Waals surface area contributed by atoms with E-state index < -0.39 is 0 Å². The highest BCUT2D eigenvalue weighted by Gasteiger charge is 2.21. The number of anilines is 6. The van der Waals surface area contributed by atoms with Gasteiger partial charge in [-0.2, -0.15) is 4.98 Å². The first-order chi connectivity index (χ1) is 18.3. The third-order valence-electron chi connectivity index (χ3n) is 6.38. The fraction of sp³-hybridized carbons (Fsp3) is 0.286. The number of ether oxygens (including phenoxy) is 1. The van der Waals surface area contributed by atoms with Crippen LogP contribution in [0.25, 0.3) is 0 Å². The topological polar surface area (TPSA) is 112 Å². The molecule has 0 radical (unpaired) electrons. The SMILES string of the molecule is C=CC(=O)Nc1cccc(Nc2nc(Nc3cc(C)c(N4CCN(C(C)=O)CC4)cc3OC)ncc2C)c1. The molecule has 0 atom stereocenters. The molecule has 0 spiro atoms. The van der Waals surface area contributed by atoms with Crippen molar-refractivity contribution in [3.8, 4) is 5.75 Å². The molecule has 2 aromatic carbocycles. The van der Waals surface area contributed by atoms with Crippen LogP contribution in [0.15, 0.2) is 55.3 Å². The van der Waals surface area contributed by atoms with Crippen molar-refractivity contribution in [1.82, 2.24) is 14.9 Å². The van der Waals surface area contributed by atoms with Crippen LogP contribution in [0.5, 0.6) is 5.75 Å². The lowest BCUT2D eigenvalue weighted by atomic mass is 10.1. The van der Waals surface area contributed by atoms with Gasteiger partial charge in [-0.05, 0) is 49.8 Å². The Morgan fingerprint density at radius 2 is 1.76 bits per heavy atom. The number of aryl methyl sites for hydroxylation is 2. The van der Waals surface area contributed by atoms with E-state index in [0.717, 1.165) is 41.3 Å². The fourth-order valence-electron chi connectivity index (χ4n) is 4.30. The van der Waals surface area contributed by atoms with Crippen molar-refractivity contribution >= 4 is 46.3 Å². The summed E-state index contributed by atoms with van der Waals surface area (Å²) < 4.78 is 5.70. The molecule has 1 aromatic heterocycles. The van der Waals surface area contributed by atoms with Crippen LogP contribution >= 0.6 is 0 Å². The summed E-state index contributed by atoms with van der Waals surface area (Å²) in [5.74, 6) is 1.54. The standard InChI is InChI=1S/C28H33N7O3/c1-6-26(37)30-21-8-7-9-22(15-21)31-27-19(3)17-29-28(33-27)32-23-14-18(2)24(16-25(23)38-5)35-12-10-34(11-13-35)20(4)36/h6-9,14-17H,1,10-13H2,2-5H3,(H,30,37)(H2,29,31,32,33). The molecule has 10 nitrogen and oxygen atoms in total. The molecule has 1 aliphatic rings. The van der Waals surface area contributed by atoms with Crippen LogP contribution < -0.4 is 25.6 Å². The second kappa shape index (κ2) is 11.6. The van der Waals surface area contributed by atoms with Gasteiger partial charge in [0.2, 0.25) is 17.8 Å². The largest absolute Gasteiger partial charge is 0.494 e. The minimum absolute atomic E-state index is 0.109. The van der Waals surface area contributed by atoms with E-state index in [-0.39, 0.29) is 11.8 Å². The number of nitrogens with zero attached hydrogens (tertiary/aromatic N) is 4. The average molecular weight is 516 g/mol. The third-order valence-corrected chi connectivity index (χ3v) is 6.38. The summed E-state index contributed by atoms with van der Waals surface area (Å²) in [4.78, 5) is 36.6. The van der Waals surface area contributed by atoms with Crippen molar-refractivity contribution in [2.24, 2.45) is 0 Å². The molecular formula is C28H33N7O3. The number of carbonyl (C=O) groups is 2. The highest BCUT2D eigenvalue weighted by atomic mass is 16.5. The summed E-state index contributed by atoms with van der Waals surface area (Å²) in [6, 6.07) is 11.4. The number of hydrogen-bond donors (Lipinski definition) is 3. The lowest BCUT2D eigenvalue weighted by Crippen LogP contribution is -2.48. The van der Waals surface area contributed by atoms with E-state index in [1.165, 1.54) is 6.08 Å². The van der Waals surface area contributed by atoms with Crippen LogP contribution in [0, 0.1) is 13.8 Å². The first-order valence-corrected chi connectivity index (χ1v) is 12.4. The number of methoxy groups -OCH3 is 1. The van der Waals surface area contributed by atoms with Gasteiger partial charge in [-0.25, -0.2) is 4.98 Å². The van der Waals surface area contributed by atoms with E-state index in [4.69, 9.17) is 4.74 Å². The zero-order valence-corrected chi connectivity index (χ0v) is 22.2. The maximum atomic E-state index is 11.7. The molecule has 1 aliphatic heterocycles. The predicted molar refractivity (Wildman–Crippen MR) is 151 cm³/mol. The van der Waals surface area contributed by atoms with E-state index in [1.807, 2.05) is 42.2 Å². The molecule has 0 unspecified atom stereocenters. The molecule has 10 heteroatoms. The van der Waals surface area contributed by atoms with Crippen LogP contribution in [0.3, 0.4) is 0 Å². The maximum Gasteiger partial charge on any atom is 0.247 e. The Balaban J connectivity index is 1.52. The van der Waals surface area contributed by atoms with Crippen molar-refractivity contribution in [2.45, 2.75) is 20.8 Å². The molecule has 0 bridgehead atoms. The van der Waals surface area contributed by atoms with Gasteiger partial charge in [-0.15, -0.1) is 0 Å². The molecule has 1 fully saturated rings. The first kappa shape index (κ1) is 26.5. The second-order valence-corrected chi connectivity index (χ2v) is 9.08. The Bertz CT molecular complexity index is 1350. The fourth-order valence-corrected chi connectivity index (χ4v) is 4.30. The molecule has 3 N–H and O–H groups in total. The van der Waals surface area contributed by atoms with Gasteiger partial charge in [-0.1, -0.05) is 12.6 Å². The average Bonchev–Trinajstić information content (AvgIpc) is 2.91. The minimum Gasteiger partial charge on any atom is -0.494 e. The monoisotopic (exact) mass is 515 g/mol. The first-order valence-electron chi connectivity index (χ1n) is 12.4. The van der Waals surface area contributed by atoms with Crippen LogP contribution in [0.4, 0.5) is 34.5 Å². The number of benzene rings is 2. The van der Waals surface area contributed by atoms with Crippen molar-refractivity contribution in [3.05, 3.63) is 66.4 Å². The Morgan fingerprint density at radius 1 is 1.03 bits per heavy atom. The second-order valence-electron chi connectivity index (χ2n) is 9.08. The molecule has 1 saturated heterocycles. The summed E-state index contributed by atoms with van der Waals surface area (Å²) in [5, 5.41) is 9.34. The van der Waals surface area contributed by atoms with Crippen molar-refractivity contribution in [3.63, 3.8) is 0 Å². The minimum atomic E-state index is -0.277. The lowest BCUT2D eigenvalue weighted by Gasteiger charge is -2.36. The van der Waals surface area contributed by atoms with E-state index in [2.05, 4.69) is 44.3 Å². The molecule has 3 aromatic rings. The van der Waals surface area contributed by atoms with Gasteiger partial charge in [0.15, 0.2) is 0 Å². The molecule has 0 saturated carbocycles. The van der Waals surface area contributed by atoms with Crippen LogP contribution in [0.1, 0.15) is 18.1 Å². The number of aromatic nitrogens is 2. The van der Waals surface area contributed by atoms with Crippen molar-refractivity contribution < 1.29 is 14.3 Å². The predicted octanol–water partition coefficient (Wildman–Crippen LogP) is 4.38. The highest BCUT2D eigenvalue weighted by molar-refractivity contribution is 5.99. The molecule has 0 aliphatic carbocycles. The number of nitrogens with one attached hydrogen (secondary N) is 3. The van der Waals surface area contributed by atoms with E-state index in [0.29, 0.717) is 36.3 Å². The van der Waals surface area contributed by atoms with Gasteiger partial charge in [0, 0.05) is 68.0 Å². The van der Waals surface area contributed by atoms with E-state index >= 15 is 0 Å². The van der Waals surface area contributed by atoms with Crippen LogP contribution in [-0.2, 0) is 9.59 Å². The van der Waals surface area contributed by atoms with E-state index in [9.17, 15) is 9.59 Å². The molecular weight excluding hydrogens is 482 g/mol. The van der Waals surface area contributed by atoms with Crippen LogP contribution in [-0.4, -0.2) is 60.0 Å². The maximum absolute atomic E-state index is 11.7. The van der Waals surface area contributed by atoms with Gasteiger partial charge in [0.05, 0.1) is 12.8 Å². The van der Waals surface area contributed by atoms with Crippen LogP contribution in [0.2, 0.25) is 0 Å². The molecule has 4 rings (SSSR count). The summed E-state index contributed by atoms with van der Waals surface area (Å²) >= 11 is 0. The Hall–Kier alpha value is -4.60. The zero-order chi connectivity index (χ0) is 27.2. The number of amides is 2. The van der Waals surface area contributed by atoms with Crippen molar-refractivity contribution in [1.29, 1.82) is 0 Å². The summed E-state index contributed by atoms with van der Waals surface area (Å²) in [6.07, 6.45) is 2.97. The Morgan fingerprint density at radius 3 is 2.45 bits per heavy atom. The van der Waals surface area contributed by atoms with Gasteiger partial charge in [-0.3, -0.25) is 9.59 Å².